The third kappa shape index (κ3) is 4.69. The quantitative estimate of drug-likeness (QED) is 0.544. The van der Waals surface area contributed by atoms with Gasteiger partial charge in [-0.1, -0.05) is 30.3 Å². The van der Waals surface area contributed by atoms with Crippen LogP contribution in [0.4, 0.5) is 0 Å². The highest BCUT2D eigenvalue weighted by atomic mass is 16.2. The predicted octanol–water partition coefficient (Wildman–Crippen LogP) is 1.80. The van der Waals surface area contributed by atoms with E-state index >= 15 is 0 Å². The van der Waals surface area contributed by atoms with Crippen LogP contribution in [0.2, 0.25) is 0 Å². The number of pyridine rings is 1. The lowest BCUT2D eigenvalue weighted by atomic mass is 10.0. The van der Waals surface area contributed by atoms with E-state index in [1.807, 2.05) is 36.4 Å². The van der Waals surface area contributed by atoms with Crippen molar-refractivity contribution in [3.8, 4) is 5.82 Å². The van der Waals surface area contributed by atoms with Crippen LogP contribution < -0.4 is 10.6 Å². The van der Waals surface area contributed by atoms with Crippen molar-refractivity contribution in [1.82, 2.24) is 25.4 Å². The Kier molecular flexibility index (Phi) is 5.88. The molecule has 8 heteroatoms. The maximum absolute atomic E-state index is 13.1. The van der Waals surface area contributed by atoms with Gasteiger partial charge in [0.2, 0.25) is 5.78 Å². The molecule has 1 saturated carbocycles. The monoisotopic (exact) mass is 417 g/mol. The average molecular weight is 417 g/mol. The van der Waals surface area contributed by atoms with Crippen molar-refractivity contribution >= 4 is 17.6 Å². The number of hydrogen-bond donors (Lipinski definition) is 2. The molecular weight excluding hydrogens is 394 g/mol. The number of Topliss-reactive ketones (excluding diaryl/α,β-unsaturated/α-hetero) is 1. The minimum absolute atomic E-state index is 0.196. The Morgan fingerprint density at radius 2 is 1.87 bits per heavy atom. The highest BCUT2D eigenvalue weighted by Gasteiger charge is 2.29. The highest BCUT2D eigenvalue weighted by molar-refractivity contribution is 6.38. The molecule has 1 unspecified atom stereocenters. The molecule has 158 valence electrons. The third-order valence-corrected chi connectivity index (χ3v) is 5.21. The van der Waals surface area contributed by atoms with E-state index < -0.39 is 23.6 Å². The summed E-state index contributed by atoms with van der Waals surface area (Å²) >= 11 is 0. The lowest BCUT2D eigenvalue weighted by Crippen LogP contribution is -2.48. The number of nitrogens with zero attached hydrogens (tertiary/aromatic N) is 3. The first-order valence-corrected chi connectivity index (χ1v) is 10.2. The van der Waals surface area contributed by atoms with E-state index in [9.17, 15) is 14.4 Å². The minimum atomic E-state index is -1.01. The van der Waals surface area contributed by atoms with E-state index in [0.29, 0.717) is 11.7 Å². The first kappa shape index (κ1) is 20.5. The summed E-state index contributed by atoms with van der Waals surface area (Å²) in [5.41, 5.74) is 2.09. The van der Waals surface area contributed by atoms with Gasteiger partial charge in [0.1, 0.15) is 6.04 Å². The van der Waals surface area contributed by atoms with Crippen LogP contribution >= 0.6 is 0 Å². The molecule has 1 aromatic carbocycles. The molecule has 8 nitrogen and oxygen atoms in total. The zero-order chi connectivity index (χ0) is 21.8. The van der Waals surface area contributed by atoms with Crippen LogP contribution in [-0.2, 0) is 16.0 Å². The van der Waals surface area contributed by atoms with Gasteiger partial charge in [-0.15, -0.1) is 0 Å². The molecule has 2 N–H and O–H groups in total. The van der Waals surface area contributed by atoms with Gasteiger partial charge >= 0.3 is 0 Å². The predicted molar refractivity (Wildman–Crippen MR) is 114 cm³/mol. The summed E-state index contributed by atoms with van der Waals surface area (Å²) in [5, 5.41) is 9.60. The number of likely N-dealkylation sites (N-methyl/N-ethyl adjacent to an activating group) is 1. The number of nitrogens with one attached hydrogen (secondary N) is 2. The van der Waals surface area contributed by atoms with Crippen LogP contribution in [0.3, 0.4) is 0 Å². The molecule has 1 aliphatic carbocycles. The van der Waals surface area contributed by atoms with Crippen molar-refractivity contribution in [3.63, 3.8) is 0 Å². The van der Waals surface area contributed by atoms with Gasteiger partial charge < -0.3 is 10.6 Å². The van der Waals surface area contributed by atoms with Crippen molar-refractivity contribution < 1.29 is 14.4 Å². The molecule has 0 bridgehead atoms. The van der Waals surface area contributed by atoms with Crippen LogP contribution in [0.15, 0.2) is 60.9 Å². The highest BCUT2D eigenvalue weighted by Crippen LogP contribution is 2.39. The molecule has 31 heavy (non-hydrogen) atoms. The molecule has 2 aromatic heterocycles. The molecule has 2 amide bonds. The number of aromatic nitrogens is 3. The third-order valence-electron chi connectivity index (χ3n) is 5.21. The molecule has 1 atom stereocenters. The molecule has 0 aliphatic heterocycles. The number of hydrogen-bond acceptors (Lipinski definition) is 5. The van der Waals surface area contributed by atoms with E-state index in [0.717, 1.165) is 24.1 Å². The number of carbonyl (C=O) groups is 3. The van der Waals surface area contributed by atoms with Gasteiger partial charge in [-0.3, -0.25) is 14.4 Å². The maximum Gasteiger partial charge on any atom is 0.289 e. The van der Waals surface area contributed by atoms with Crippen molar-refractivity contribution in [2.45, 2.75) is 31.2 Å². The van der Waals surface area contributed by atoms with Crippen LogP contribution in [0.25, 0.3) is 5.82 Å². The summed E-state index contributed by atoms with van der Waals surface area (Å²) in [6.07, 6.45) is 5.80. The van der Waals surface area contributed by atoms with Gasteiger partial charge in [-0.25, -0.2) is 9.67 Å². The van der Waals surface area contributed by atoms with E-state index in [1.54, 1.807) is 29.2 Å². The fourth-order valence-electron chi connectivity index (χ4n) is 3.39. The number of carbonyl (C=O) groups excluding carboxylic acids is 3. The Hall–Kier alpha value is -3.81. The Morgan fingerprint density at radius 3 is 2.58 bits per heavy atom. The number of amides is 2. The molecular formula is C23H23N5O3. The molecule has 1 aliphatic rings. The molecule has 1 fully saturated rings. The summed E-state index contributed by atoms with van der Waals surface area (Å²) in [6, 6.07) is 13.4. The fourth-order valence-corrected chi connectivity index (χ4v) is 3.39. The Balaban J connectivity index is 1.59. The van der Waals surface area contributed by atoms with Crippen molar-refractivity contribution in [2.75, 3.05) is 7.05 Å². The first-order chi connectivity index (χ1) is 15.1. The van der Waals surface area contributed by atoms with E-state index in [4.69, 9.17) is 0 Å². The second kappa shape index (κ2) is 8.91. The molecule has 3 aromatic rings. The summed E-state index contributed by atoms with van der Waals surface area (Å²) in [5.74, 6) is -1.11. The largest absolute Gasteiger partial charge is 0.353 e. The smallest absolute Gasteiger partial charge is 0.289 e. The fraction of sp³-hybridized carbons (Fsp3) is 0.261. The van der Waals surface area contributed by atoms with Crippen LogP contribution in [0, 0.1) is 0 Å². The van der Waals surface area contributed by atoms with Crippen LogP contribution in [0.5, 0.6) is 0 Å². The number of ketones is 1. The normalized spacial score (nSPS) is 14.0. The van der Waals surface area contributed by atoms with Crippen LogP contribution in [0.1, 0.15) is 40.4 Å². The molecule has 4 rings (SSSR count). The number of benzene rings is 1. The van der Waals surface area contributed by atoms with Gasteiger partial charge in [-0.05, 0) is 36.6 Å². The SMILES string of the molecule is CNC(=O)C(=O)C(Cc1ccccc1)NC(=O)c1cccnc1-n1ccc(C2CC2)n1. The number of rotatable bonds is 8. The van der Waals surface area contributed by atoms with E-state index in [-0.39, 0.29) is 12.0 Å². The van der Waals surface area contributed by atoms with E-state index in [2.05, 4.69) is 20.7 Å². The lowest BCUT2D eigenvalue weighted by Gasteiger charge is -2.18. The second-order valence-electron chi connectivity index (χ2n) is 7.49. The first-order valence-electron chi connectivity index (χ1n) is 10.2. The Bertz CT molecular complexity index is 1110. The van der Waals surface area contributed by atoms with Crippen molar-refractivity contribution in [1.29, 1.82) is 0 Å². The second-order valence-corrected chi connectivity index (χ2v) is 7.49. The lowest BCUT2D eigenvalue weighted by molar-refractivity contribution is -0.138. The molecule has 0 spiro atoms. The molecule has 2 heterocycles. The average Bonchev–Trinajstić information content (AvgIpc) is 3.54. The Morgan fingerprint density at radius 1 is 1.10 bits per heavy atom. The topological polar surface area (TPSA) is 106 Å². The van der Waals surface area contributed by atoms with E-state index in [1.165, 1.54) is 7.05 Å². The standard InChI is InChI=1S/C23H23N5O3/c1-24-23(31)20(29)19(14-15-6-3-2-4-7-15)26-22(30)17-8-5-12-25-21(17)28-13-11-18(27-28)16-9-10-16/h2-8,11-13,16,19H,9-10,14H2,1H3,(H,24,31)(H,26,30). The van der Waals surface area contributed by atoms with Gasteiger partial charge in [0.15, 0.2) is 5.82 Å². The van der Waals surface area contributed by atoms with Gasteiger partial charge in [0, 0.05) is 31.8 Å². The van der Waals surface area contributed by atoms with Gasteiger partial charge in [0.05, 0.1) is 11.3 Å². The Labute approximate surface area is 179 Å². The summed E-state index contributed by atoms with van der Waals surface area (Å²) in [4.78, 5) is 42.1. The van der Waals surface area contributed by atoms with Crippen LogP contribution in [-0.4, -0.2) is 45.5 Å². The zero-order valence-corrected chi connectivity index (χ0v) is 17.1. The van der Waals surface area contributed by atoms with Gasteiger partial charge in [-0.2, -0.15) is 5.10 Å². The summed E-state index contributed by atoms with van der Waals surface area (Å²) in [6.45, 7) is 0. The molecule has 0 saturated heterocycles. The minimum Gasteiger partial charge on any atom is -0.353 e. The van der Waals surface area contributed by atoms with Crippen molar-refractivity contribution in [2.24, 2.45) is 0 Å². The summed E-state index contributed by atoms with van der Waals surface area (Å²) < 4.78 is 1.58. The zero-order valence-electron chi connectivity index (χ0n) is 17.1. The maximum atomic E-state index is 13.1. The van der Waals surface area contributed by atoms with Crippen molar-refractivity contribution in [3.05, 3.63) is 77.7 Å². The van der Waals surface area contributed by atoms with Gasteiger partial charge in [0.25, 0.3) is 11.8 Å². The molecule has 0 radical (unpaired) electrons. The summed E-state index contributed by atoms with van der Waals surface area (Å²) in [7, 11) is 1.38.